The summed E-state index contributed by atoms with van der Waals surface area (Å²) in [7, 11) is 0. The first-order chi connectivity index (χ1) is 14.4. The number of benzene rings is 2. The van der Waals surface area contributed by atoms with Gasteiger partial charge in [0, 0.05) is 5.56 Å². The topological polar surface area (TPSA) is 76.0 Å². The number of rotatable bonds is 5. The van der Waals surface area contributed by atoms with Gasteiger partial charge < -0.3 is 10.6 Å². The Kier molecular flexibility index (Phi) is 5.11. The Morgan fingerprint density at radius 2 is 1.87 bits per heavy atom. The number of fused-ring (bicyclic) bond motifs is 1. The lowest BCUT2D eigenvalue weighted by molar-refractivity contribution is -0.123. The molecule has 0 fully saturated rings. The van der Waals surface area contributed by atoms with Crippen molar-refractivity contribution >= 4 is 23.3 Å². The normalized spacial score (nSPS) is 15.1. The fourth-order valence-corrected chi connectivity index (χ4v) is 3.69. The van der Waals surface area contributed by atoms with Gasteiger partial charge in [0.25, 0.3) is 5.91 Å². The molecule has 1 unspecified atom stereocenters. The number of anilines is 2. The number of halogens is 1. The Bertz CT molecular complexity index is 1130. The van der Waals surface area contributed by atoms with Crippen LogP contribution in [0, 0.1) is 19.7 Å². The molecule has 0 saturated carbocycles. The lowest BCUT2D eigenvalue weighted by Crippen LogP contribution is -2.24. The fourth-order valence-electron chi connectivity index (χ4n) is 3.69. The lowest BCUT2D eigenvalue weighted by atomic mass is 10.0. The van der Waals surface area contributed by atoms with E-state index in [9.17, 15) is 14.0 Å². The molecule has 0 saturated heterocycles. The Morgan fingerprint density at radius 3 is 2.53 bits per heavy atom. The van der Waals surface area contributed by atoms with Crippen molar-refractivity contribution in [3.05, 3.63) is 65.1 Å². The average molecular weight is 406 g/mol. The number of aromatic nitrogens is 2. The molecule has 1 aromatic heterocycles. The molecule has 7 heteroatoms. The third-order valence-electron chi connectivity index (χ3n) is 5.27. The van der Waals surface area contributed by atoms with Crippen molar-refractivity contribution in [1.29, 1.82) is 0 Å². The van der Waals surface area contributed by atoms with E-state index in [1.807, 2.05) is 38.1 Å². The van der Waals surface area contributed by atoms with Crippen LogP contribution in [0.2, 0.25) is 0 Å². The molecule has 0 spiro atoms. The summed E-state index contributed by atoms with van der Waals surface area (Å²) in [5.74, 6) is -0.654. The molecule has 2 aromatic carbocycles. The van der Waals surface area contributed by atoms with Crippen LogP contribution in [0.1, 0.15) is 36.2 Å². The Morgan fingerprint density at radius 1 is 1.17 bits per heavy atom. The minimum atomic E-state index is -0.780. The maximum atomic E-state index is 14.0. The van der Waals surface area contributed by atoms with Gasteiger partial charge in [-0.1, -0.05) is 42.8 Å². The highest BCUT2D eigenvalue weighted by Gasteiger charge is 2.36. The van der Waals surface area contributed by atoms with Crippen LogP contribution in [0.5, 0.6) is 0 Å². The van der Waals surface area contributed by atoms with Crippen molar-refractivity contribution in [2.24, 2.45) is 0 Å². The van der Waals surface area contributed by atoms with Crippen LogP contribution >= 0.6 is 0 Å². The van der Waals surface area contributed by atoms with Crippen molar-refractivity contribution in [2.75, 3.05) is 10.6 Å². The Balaban J connectivity index is 1.61. The summed E-state index contributed by atoms with van der Waals surface area (Å²) in [6.07, 6.45) is 0.552. The summed E-state index contributed by atoms with van der Waals surface area (Å²) in [6.45, 7) is 5.79. The number of carbonyl (C=O) groups is 2. The first kappa shape index (κ1) is 19.8. The molecule has 1 aliphatic heterocycles. The maximum Gasteiger partial charge on any atom is 0.251 e. The SMILES string of the molecule is CCc1nn2c(c1-c1ccc(C)cc1)NC(=O)C2CC(=O)Nc1ccc(C)cc1F. The van der Waals surface area contributed by atoms with E-state index in [1.165, 1.54) is 12.1 Å². The van der Waals surface area contributed by atoms with Crippen LogP contribution in [0.25, 0.3) is 11.1 Å². The van der Waals surface area contributed by atoms with Crippen molar-refractivity contribution in [3.8, 4) is 11.1 Å². The van der Waals surface area contributed by atoms with Crippen LogP contribution < -0.4 is 10.6 Å². The Hall–Kier alpha value is -3.48. The summed E-state index contributed by atoms with van der Waals surface area (Å²) >= 11 is 0. The largest absolute Gasteiger partial charge is 0.324 e. The molecular weight excluding hydrogens is 383 g/mol. The van der Waals surface area contributed by atoms with Crippen molar-refractivity contribution < 1.29 is 14.0 Å². The third-order valence-corrected chi connectivity index (χ3v) is 5.27. The van der Waals surface area contributed by atoms with E-state index in [2.05, 4.69) is 15.7 Å². The van der Waals surface area contributed by atoms with Gasteiger partial charge >= 0.3 is 0 Å². The van der Waals surface area contributed by atoms with E-state index in [0.29, 0.717) is 12.2 Å². The fraction of sp³-hybridized carbons (Fsp3) is 0.261. The standard InChI is InChI=1S/C23H23FN4O2/c1-4-17-21(15-8-5-13(2)6-9-15)22-26-23(30)19(28(22)27-17)12-20(29)25-18-10-7-14(3)11-16(18)24/h5-11,19H,4,12H2,1-3H3,(H,25,29)(H,26,30). The van der Waals surface area contributed by atoms with E-state index >= 15 is 0 Å². The molecule has 2 heterocycles. The number of amides is 2. The second kappa shape index (κ2) is 7.74. The molecule has 2 amide bonds. The molecule has 0 radical (unpaired) electrons. The molecule has 6 nitrogen and oxygen atoms in total. The molecule has 2 N–H and O–H groups in total. The smallest absolute Gasteiger partial charge is 0.251 e. The number of carbonyl (C=O) groups excluding carboxylic acids is 2. The zero-order valence-corrected chi connectivity index (χ0v) is 17.1. The van der Waals surface area contributed by atoms with Crippen LogP contribution in [-0.4, -0.2) is 21.6 Å². The first-order valence-corrected chi connectivity index (χ1v) is 9.92. The Labute approximate surface area is 174 Å². The van der Waals surface area contributed by atoms with Gasteiger partial charge in [0.2, 0.25) is 5.91 Å². The molecule has 4 rings (SSSR count). The van der Waals surface area contributed by atoms with Crippen molar-refractivity contribution in [1.82, 2.24) is 9.78 Å². The zero-order valence-electron chi connectivity index (χ0n) is 17.1. The van der Waals surface area contributed by atoms with Gasteiger partial charge in [-0.05, 0) is 43.5 Å². The van der Waals surface area contributed by atoms with Crippen LogP contribution in [0.15, 0.2) is 42.5 Å². The second-order valence-corrected chi connectivity index (χ2v) is 7.58. The van der Waals surface area contributed by atoms with Crippen molar-refractivity contribution in [3.63, 3.8) is 0 Å². The molecule has 1 atom stereocenters. The molecule has 154 valence electrons. The van der Waals surface area contributed by atoms with Crippen LogP contribution in [0.3, 0.4) is 0 Å². The number of hydrogen-bond donors (Lipinski definition) is 2. The van der Waals surface area contributed by atoms with E-state index in [0.717, 1.165) is 27.9 Å². The highest BCUT2D eigenvalue weighted by atomic mass is 19.1. The van der Waals surface area contributed by atoms with Gasteiger partial charge in [-0.3, -0.25) is 9.59 Å². The molecule has 30 heavy (non-hydrogen) atoms. The number of aryl methyl sites for hydroxylation is 3. The molecule has 1 aliphatic rings. The summed E-state index contributed by atoms with van der Waals surface area (Å²) in [4.78, 5) is 25.1. The highest BCUT2D eigenvalue weighted by molar-refractivity contribution is 6.04. The molecular formula is C23H23FN4O2. The molecule has 0 bridgehead atoms. The van der Waals surface area contributed by atoms with Crippen LogP contribution in [0.4, 0.5) is 15.9 Å². The van der Waals surface area contributed by atoms with Gasteiger partial charge in [-0.25, -0.2) is 9.07 Å². The van der Waals surface area contributed by atoms with Crippen LogP contribution in [-0.2, 0) is 16.0 Å². The van der Waals surface area contributed by atoms with E-state index < -0.39 is 17.8 Å². The third kappa shape index (κ3) is 3.58. The molecule has 0 aliphatic carbocycles. The minimum Gasteiger partial charge on any atom is -0.324 e. The number of nitrogens with zero attached hydrogens (tertiary/aromatic N) is 2. The van der Waals surface area contributed by atoms with E-state index in [-0.39, 0.29) is 18.0 Å². The molecule has 3 aromatic rings. The summed E-state index contributed by atoms with van der Waals surface area (Å²) in [5.41, 5.74) is 4.69. The maximum absolute atomic E-state index is 14.0. The van der Waals surface area contributed by atoms with Gasteiger partial charge in [-0.2, -0.15) is 5.10 Å². The number of hydrogen-bond acceptors (Lipinski definition) is 3. The summed E-state index contributed by atoms with van der Waals surface area (Å²) in [6, 6.07) is 11.8. The minimum absolute atomic E-state index is 0.0966. The number of nitrogens with one attached hydrogen (secondary N) is 2. The quantitative estimate of drug-likeness (QED) is 0.660. The first-order valence-electron chi connectivity index (χ1n) is 9.92. The van der Waals surface area contributed by atoms with Gasteiger partial charge in [0.1, 0.15) is 17.7 Å². The van der Waals surface area contributed by atoms with E-state index in [4.69, 9.17) is 0 Å². The lowest BCUT2D eigenvalue weighted by Gasteiger charge is -2.11. The van der Waals surface area contributed by atoms with Gasteiger partial charge in [0.05, 0.1) is 17.8 Å². The zero-order chi connectivity index (χ0) is 21.4. The van der Waals surface area contributed by atoms with Crippen molar-refractivity contribution in [2.45, 2.75) is 39.7 Å². The van der Waals surface area contributed by atoms with E-state index in [1.54, 1.807) is 17.7 Å². The highest BCUT2D eigenvalue weighted by Crippen LogP contribution is 2.38. The summed E-state index contributed by atoms with van der Waals surface area (Å²) in [5, 5.41) is 10.0. The monoisotopic (exact) mass is 406 g/mol. The predicted molar refractivity (Wildman–Crippen MR) is 114 cm³/mol. The predicted octanol–water partition coefficient (Wildman–Crippen LogP) is 4.39. The second-order valence-electron chi connectivity index (χ2n) is 7.58. The average Bonchev–Trinajstić information content (AvgIpc) is 3.20. The summed E-state index contributed by atoms with van der Waals surface area (Å²) < 4.78 is 15.6. The van der Waals surface area contributed by atoms with Gasteiger partial charge in [-0.15, -0.1) is 0 Å². The van der Waals surface area contributed by atoms with Gasteiger partial charge in [0.15, 0.2) is 0 Å².